The van der Waals surface area contributed by atoms with Crippen molar-refractivity contribution >= 4 is 23.1 Å². The third-order valence-electron chi connectivity index (χ3n) is 3.80. The molecule has 1 aromatic carbocycles. The minimum absolute atomic E-state index is 0.0464. The summed E-state index contributed by atoms with van der Waals surface area (Å²) in [7, 11) is 0. The monoisotopic (exact) mass is 343 g/mol. The van der Waals surface area contributed by atoms with Crippen LogP contribution in [0.2, 0.25) is 0 Å². The minimum atomic E-state index is -0.434. The molecule has 0 saturated carbocycles. The van der Waals surface area contributed by atoms with E-state index in [-0.39, 0.29) is 17.4 Å². The predicted molar refractivity (Wildman–Crippen MR) is 95.7 cm³/mol. The SMILES string of the molecule is Nc1cc(F)ccc1NC(=O)CCCCCCC(=O)c1ccccn1. The van der Waals surface area contributed by atoms with Crippen LogP contribution < -0.4 is 11.1 Å². The maximum absolute atomic E-state index is 13.0. The van der Waals surface area contributed by atoms with Crippen LogP contribution in [0.3, 0.4) is 0 Å². The highest BCUT2D eigenvalue weighted by atomic mass is 19.1. The summed E-state index contributed by atoms with van der Waals surface area (Å²) < 4.78 is 13.0. The Bertz CT molecular complexity index is 720. The second kappa shape index (κ2) is 9.52. The zero-order valence-electron chi connectivity index (χ0n) is 14.0. The first-order valence-electron chi connectivity index (χ1n) is 8.35. The molecule has 2 aromatic rings. The molecular formula is C19H22FN3O2. The molecule has 0 unspecified atom stereocenters. The first-order valence-corrected chi connectivity index (χ1v) is 8.35. The molecule has 1 amide bonds. The fraction of sp³-hybridized carbons (Fsp3) is 0.316. The van der Waals surface area contributed by atoms with Crippen LogP contribution in [0.5, 0.6) is 0 Å². The molecular weight excluding hydrogens is 321 g/mol. The molecule has 3 N–H and O–H groups in total. The molecule has 0 aliphatic carbocycles. The van der Waals surface area contributed by atoms with E-state index in [9.17, 15) is 14.0 Å². The maximum atomic E-state index is 13.0. The number of halogens is 1. The van der Waals surface area contributed by atoms with Gasteiger partial charge >= 0.3 is 0 Å². The van der Waals surface area contributed by atoms with Crippen molar-refractivity contribution in [3.8, 4) is 0 Å². The summed E-state index contributed by atoms with van der Waals surface area (Å²) in [5, 5.41) is 2.68. The average molecular weight is 343 g/mol. The lowest BCUT2D eigenvalue weighted by Crippen LogP contribution is -2.12. The van der Waals surface area contributed by atoms with Gasteiger partial charge in [0, 0.05) is 19.0 Å². The zero-order chi connectivity index (χ0) is 18.1. The van der Waals surface area contributed by atoms with Crippen LogP contribution >= 0.6 is 0 Å². The number of pyridine rings is 1. The van der Waals surface area contributed by atoms with Gasteiger partial charge in [0.2, 0.25) is 5.91 Å². The van der Waals surface area contributed by atoms with Crippen LogP contribution in [0.4, 0.5) is 15.8 Å². The Morgan fingerprint density at radius 3 is 2.48 bits per heavy atom. The van der Waals surface area contributed by atoms with E-state index < -0.39 is 5.82 Å². The fourth-order valence-corrected chi connectivity index (χ4v) is 2.44. The summed E-state index contributed by atoms with van der Waals surface area (Å²) in [6, 6.07) is 9.17. The van der Waals surface area contributed by atoms with Crippen LogP contribution in [-0.2, 0) is 4.79 Å². The molecule has 0 aliphatic heterocycles. The number of hydrogen-bond acceptors (Lipinski definition) is 4. The Labute approximate surface area is 146 Å². The summed E-state index contributed by atoms with van der Waals surface area (Å²) in [5.41, 5.74) is 6.78. The third kappa shape index (κ3) is 6.33. The van der Waals surface area contributed by atoms with Gasteiger partial charge in [-0.2, -0.15) is 0 Å². The van der Waals surface area contributed by atoms with Crippen LogP contribution in [0.15, 0.2) is 42.6 Å². The average Bonchev–Trinajstić information content (AvgIpc) is 2.61. The largest absolute Gasteiger partial charge is 0.397 e. The molecule has 0 aliphatic rings. The predicted octanol–water partition coefficient (Wildman–Crippen LogP) is 3.96. The highest BCUT2D eigenvalue weighted by Crippen LogP contribution is 2.19. The number of hydrogen-bond donors (Lipinski definition) is 2. The van der Waals surface area contributed by atoms with Gasteiger partial charge in [0.05, 0.1) is 11.4 Å². The van der Waals surface area contributed by atoms with Crippen molar-refractivity contribution in [2.24, 2.45) is 0 Å². The normalized spacial score (nSPS) is 10.4. The number of aromatic nitrogens is 1. The van der Waals surface area contributed by atoms with E-state index in [0.717, 1.165) is 25.7 Å². The molecule has 0 saturated heterocycles. The topological polar surface area (TPSA) is 85.1 Å². The van der Waals surface area contributed by atoms with E-state index in [4.69, 9.17) is 5.73 Å². The van der Waals surface area contributed by atoms with E-state index in [1.807, 2.05) is 0 Å². The van der Waals surface area contributed by atoms with Crippen molar-refractivity contribution in [1.82, 2.24) is 4.98 Å². The summed E-state index contributed by atoms with van der Waals surface area (Å²) >= 11 is 0. The van der Waals surface area contributed by atoms with E-state index in [1.54, 1.807) is 24.4 Å². The first-order chi connectivity index (χ1) is 12.1. The van der Waals surface area contributed by atoms with Gasteiger partial charge < -0.3 is 11.1 Å². The van der Waals surface area contributed by atoms with Crippen molar-refractivity contribution in [1.29, 1.82) is 0 Å². The summed E-state index contributed by atoms with van der Waals surface area (Å²) in [6.07, 6.45) is 5.69. The van der Waals surface area contributed by atoms with Crippen molar-refractivity contribution in [3.63, 3.8) is 0 Å². The number of rotatable bonds is 9. The highest BCUT2D eigenvalue weighted by molar-refractivity contribution is 5.94. The van der Waals surface area contributed by atoms with Crippen molar-refractivity contribution < 1.29 is 14.0 Å². The van der Waals surface area contributed by atoms with Crippen LogP contribution in [0.1, 0.15) is 49.0 Å². The van der Waals surface area contributed by atoms with E-state index in [0.29, 0.717) is 24.2 Å². The minimum Gasteiger partial charge on any atom is -0.397 e. The standard InChI is InChI=1S/C19H22FN3O2/c20-14-10-11-16(15(21)13-14)23-19(25)9-4-2-1-3-8-18(24)17-7-5-6-12-22-17/h5-7,10-13H,1-4,8-9,21H2,(H,23,25). The first kappa shape index (κ1) is 18.6. The molecule has 2 rings (SSSR count). The molecule has 5 nitrogen and oxygen atoms in total. The van der Waals surface area contributed by atoms with Gasteiger partial charge in [0.15, 0.2) is 5.78 Å². The number of carbonyl (C=O) groups is 2. The smallest absolute Gasteiger partial charge is 0.224 e. The maximum Gasteiger partial charge on any atom is 0.224 e. The van der Waals surface area contributed by atoms with Crippen LogP contribution in [0.25, 0.3) is 0 Å². The summed E-state index contributed by atoms with van der Waals surface area (Å²) in [5.74, 6) is -0.538. The molecule has 0 radical (unpaired) electrons. The number of nitrogen functional groups attached to an aromatic ring is 1. The van der Waals surface area contributed by atoms with Gasteiger partial charge in [-0.25, -0.2) is 4.39 Å². The number of anilines is 2. The Kier molecular flexibility index (Phi) is 7.07. The number of ketones is 1. The number of nitrogens with one attached hydrogen (secondary N) is 1. The number of amides is 1. The number of carbonyl (C=O) groups excluding carboxylic acids is 2. The molecule has 0 spiro atoms. The number of nitrogens with zero attached hydrogens (tertiary/aromatic N) is 1. The molecule has 132 valence electrons. The molecule has 1 heterocycles. The lowest BCUT2D eigenvalue weighted by atomic mass is 10.1. The molecule has 1 aromatic heterocycles. The fourth-order valence-electron chi connectivity index (χ4n) is 2.44. The van der Waals surface area contributed by atoms with Crippen LogP contribution in [-0.4, -0.2) is 16.7 Å². The number of Topliss-reactive ketones (excluding diaryl/α,β-unsaturated/α-hetero) is 1. The van der Waals surface area contributed by atoms with Gasteiger partial charge in [-0.15, -0.1) is 0 Å². The van der Waals surface area contributed by atoms with Crippen molar-refractivity contribution in [3.05, 3.63) is 54.1 Å². The highest BCUT2D eigenvalue weighted by Gasteiger charge is 2.07. The molecule has 0 bridgehead atoms. The van der Waals surface area contributed by atoms with Gasteiger partial charge in [-0.05, 0) is 43.2 Å². The van der Waals surface area contributed by atoms with Gasteiger partial charge in [0.1, 0.15) is 11.5 Å². The lowest BCUT2D eigenvalue weighted by Gasteiger charge is -2.08. The zero-order valence-corrected chi connectivity index (χ0v) is 14.0. The Morgan fingerprint density at radius 2 is 1.80 bits per heavy atom. The Morgan fingerprint density at radius 1 is 1.04 bits per heavy atom. The Balaban J connectivity index is 1.59. The molecule has 25 heavy (non-hydrogen) atoms. The van der Waals surface area contributed by atoms with Gasteiger partial charge in [0.25, 0.3) is 0 Å². The summed E-state index contributed by atoms with van der Waals surface area (Å²) in [6.45, 7) is 0. The van der Waals surface area contributed by atoms with E-state index >= 15 is 0 Å². The lowest BCUT2D eigenvalue weighted by molar-refractivity contribution is -0.116. The molecule has 6 heteroatoms. The molecule has 0 fully saturated rings. The second-order valence-corrected chi connectivity index (χ2v) is 5.83. The van der Waals surface area contributed by atoms with E-state index in [1.165, 1.54) is 18.2 Å². The van der Waals surface area contributed by atoms with E-state index in [2.05, 4.69) is 10.3 Å². The quantitative estimate of drug-likeness (QED) is 0.410. The van der Waals surface area contributed by atoms with Crippen LogP contribution in [0, 0.1) is 5.82 Å². The van der Waals surface area contributed by atoms with Gasteiger partial charge in [-0.1, -0.05) is 18.9 Å². The van der Waals surface area contributed by atoms with Crippen molar-refractivity contribution in [2.45, 2.75) is 38.5 Å². The Hall–Kier alpha value is -2.76. The number of unbranched alkanes of at least 4 members (excludes halogenated alkanes) is 3. The number of benzene rings is 1. The second-order valence-electron chi connectivity index (χ2n) is 5.83. The number of nitrogens with two attached hydrogens (primary N) is 1. The molecule has 0 atom stereocenters. The van der Waals surface area contributed by atoms with Crippen molar-refractivity contribution in [2.75, 3.05) is 11.1 Å². The van der Waals surface area contributed by atoms with Gasteiger partial charge in [-0.3, -0.25) is 14.6 Å². The summed E-state index contributed by atoms with van der Waals surface area (Å²) in [4.78, 5) is 27.8. The third-order valence-corrected chi connectivity index (χ3v) is 3.80.